The third kappa shape index (κ3) is 5.34. The highest BCUT2D eigenvalue weighted by Crippen LogP contribution is 2.23. The molecule has 1 heterocycles. The molecule has 4 N–H and O–H groups in total. The summed E-state index contributed by atoms with van der Waals surface area (Å²) in [6.07, 6.45) is 4.06. The van der Waals surface area contributed by atoms with Gasteiger partial charge in [0.15, 0.2) is 0 Å². The van der Waals surface area contributed by atoms with E-state index in [1.165, 1.54) is 0 Å². The molecule has 4 amide bonds. The number of amides is 4. The van der Waals surface area contributed by atoms with Crippen LogP contribution in [0.1, 0.15) is 38.5 Å². The minimum Gasteiger partial charge on any atom is -0.353 e. The first-order valence-corrected chi connectivity index (χ1v) is 9.27. The first-order valence-electron chi connectivity index (χ1n) is 8.89. The second-order valence-electron chi connectivity index (χ2n) is 6.87. The maximum absolute atomic E-state index is 12.5. The number of urea groups is 1. The zero-order chi connectivity index (χ0) is 18.7. The molecule has 1 unspecified atom stereocenters. The Balaban J connectivity index is 0.00000261. The summed E-state index contributed by atoms with van der Waals surface area (Å²) in [5.41, 5.74) is 6.32. The minimum atomic E-state index is -0.691. The first-order chi connectivity index (χ1) is 12.4. The highest BCUT2D eigenvalue weighted by atomic mass is 35.5. The van der Waals surface area contributed by atoms with Crippen molar-refractivity contribution in [1.29, 1.82) is 0 Å². The summed E-state index contributed by atoms with van der Waals surface area (Å²) >= 11 is 5.84. The molecule has 1 aliphatic carbocycles. The molecule has 148 valence electrons. The highest BCUT2D eigenvalue weighted by molar-refractivity contribution is 6.30. The Morgan fingerprint density at radius 2 is 1.81 bits per heavy atom. The van der Waals surface area contributed by atoms with Gasteiger partial charge in [-0.1, -0.05) is 11.6 Å². The van der Waals surface area contributed by atoms with Crippen molar-refractivity contribution in [3.8, 4) is 0 Å². The first kappa shape index (κ1) is 21.5. The Morgan fingerprint density at radius 3 is 2.44 bits per heavy atom. The van der Waals surface area contributed by atoms with Crippen LogP contribution in [0, 0.1) is 0 Å². The van der Waals surface area contributed by atoms with Gasteiger partial charge in [-0.05, 0) is 56.4 Å². The van der Waals surface area contributed by atoms with Crippen LogP contribution in [-0.2, 0) is 9.59 Å². The number of nitrogens with zero attached hydrogens (tertiary/aromatic N) is 1. The molecule has 9 heteroatoms. The Hall–Kier alpha value is -1.83. The van der Waals surface area contributed by atoms with Crippen molar-refractivity contribution in [3.05, 3.63) is 29.3 Å². The summed E-state index contributed by atoms with van der Waals surface area (Å²) in [5.74, 6) is -0.453. The fraction of sp³-hybridized carbons (Fsp3) is 0.500. The Labute approximate surface area is 169 Å². The van der Waals surface area contributed by atoms with Gasteiger partial charge in [0.05, 0.1) is 5.69 Å². The maximum atomic E-state index is 12.5. The van der Waals surface area contributed by atoms with Crippen LogP contribution >= 0.6 is 24.0 Å². The number of anilines is 1. The topological polar surface area (TPSA) is 105 Å². The summed E-state index contributed by atoms with van der Waals surface area (Å²) < 4.78 is 0. The van der Waals surface area contributed by atoms with Gasteiger partial charge >= 0.3 is 6.03 Å². The number of nitrogens with one attached hydrogen (secondary N) is 2. The number of carbonyl (C=O) groups is 3. The number of halogens is 2. The molecule has 3 rings (SSSR count). The monoisotopic (exact) mass is 414 g/mol. The van der Waals surface area contributed by atoms with Crippen molar-refractivity contribution < 1.29 is 14.4 Å². The smallest absolute Gasteiger partial charge is 0.329 e. The molecule has 1 aliphatic heterocycles. The van der Waals surface area contributed by atoms with E-state index >= 15 is 0 Å². The summed E-state index contributed by atoms with van der Waals surface area (Å²) in [7, 11) is 0. The van der Waals surface area contributed by atoms with Crippen molar-refractivity contribution in [2.75, 3.05) is 4.90 Å². The van der Waals surface area contributed by atoms with Crippen molar-refractivity contribution in [1.82, 2.24) is 10.6 Å². The average Bonchev–Trinajstić information content (AvgIpc) is 2.90. The lowest BCUT2D eigenvalue weighted by atomic mass is 9.91. The van der Waals surface area contributed by atoms with Crippen LogP contribution in [0.15, 0.2) is 24.3 Å². The van der Waals surface area contributed by atoms with Gasteiger partial charge < -0.3 is 16.4 Å². The SMILES string of the molecule is Cl.NC1CCC(NC(=O)CCC2NC(=O)N(c3ccc(Cl)cc3)C2=O)CC1. The van der Waals surface area contributed by atoms with Gasteiger partial charge in [0, 0.05) is 23.5 Å². The number of hydrogen-bond acceptors (Lipinski definition) is 4. The number of hydrogen-bond donors (Lipinski definition) is 3. The van der Waals surface area contributed by atoms with E-state index in [0.717, 1.165) is 30.6 Å². The van der Waals surface area contributed by atoms with Crippen molar-refractivity contribution in [2.24, 2.45) is 5.73 Å². The molecule has 7 nitrogen and oxygen atoms in total. The molecule has 2 fully saturated rings. The van der Waals surface area contributed by atoms with Gasteiger partial charge in [0.25, 0.3) is 5.91 Å². The number of nitrogens with two attached hydrogens (primary N) is 1. The predicted octanol–water partition coefficient (Wildman–Crippen LogP) is 2.35. The van der Waals surface area contributed by atoms with E-state index in [4.69, 9.17) is 17.3 Å². The van der Waals surface area contributed by atoms with Gasteiger partial charge in [-0.15, -0.1) is 12.4 Å². The lowest BCUT2D eigenvalue weighted by Gasteiger charge is -2.26. The lowest BCUT2D eigenvalue weighted by molar-refractivity contribution is -0.122. The molecule has 1 aromatic carbocycles. The second-order valence-corrected chi connectivity index (χ2v) is 7.31. The second kappa shape index (κ2) is 9.39. The third-order valence-corrected chi connectivity index (χ3v) is 5.15. The van der Waals surface area contributed by atoms with E-state index in [9.17, 15) is 14.4 Å². The van der Waals surface area contributed by atoms with Crippen LogP contribution in [0.5, 0.6) is 0 Å². The fourth-order valence-electron chi connectivity index (χ4n) is 3.40. The van der Waals surface area contributed by atoms with E-state index in [0.29, 0.717) is 10.7 Å². The molecule has 0 bridgehead atoms. The van der Waals surface area contributed by atoms with Gasteiger partial charge in [0.2, 0.25) is 5.91 Å². The zero-order valence-electron chi connectivity index (χ0n) is 14.8. The summed E-state index contributed by atoms with van der Waals surface area (Å²) in [4.78, 5) is 37.8. The van der Waals surface area contributed by atoms with Gasteiger partial charge in [-0.2, -0.15) is 0 Å². The van der Waals surface area contributed by atoms with E-state index in [2.05, 4.69) is 10.6 Å². The highest BCUT2D eigenvalue weighted by Gasteiger charge is 2.39. The largest absolute Gasteiger partial charge is 0.353 e. The molecule has 2 aliphatic rings. The minimum absolute atomic E-state index is 0. The molecule has 1 saturated heterocycles. The normalized spacial score (nSPS) is 25.0. The quantitative estimate of drug-likeness (QED) is 0.642. The van der Waals surface area contributed by atoms with Crippen LogP contribution in [0.4, 0.5) is 10.5 Å². The molecule has 1 saturated carbocycles. The van der Waals surface area contributed by atoms with E-state index in [1.807, 2.05) is 0 Å². The number of benzene rings is 1. The molecular weight excluding hydrogens is 391 g/mol. The van der Waals surface area contributed by atoms with Gasteiger partial charge in [0.1, 0.15) is 6.04 Å². The van der Waals surface area contributed by atoms with Crippen LogP contribution in [0.3, 0.4) is 0 Å². The lowest BCUT2D eigenvalue weighted by Crippen LogP contribution is -2.41. The Bertz CT molecular complexity index is 690. The van der Waals surface area contributed by atoms with Crippen molar-refractivity contribution >= 4 is 47.5 Å². The van der Waals surface area contributed by atoms with E-state index in [-0.39, 0.29) is 49.1 Å². The molecule has 0 aromatic heterocycles. The summed E-state index contributed by atoms with van der Waals surface area (Å²) in [6, 6.07) is 5.68. The number of imide groups is 1. The van der Waals surface area contributed by atoms with E-state index in [1.54, 1.807) is 24.3 Å². The Morgan fingerprint density at radius 1 is 1.19 bits per heavy atom. The van der Waals surface area contributed by atoms with Crippen LogP contribution in [0.25, 0.3) is 0 Å². The zero-order valence-corrected chi connectivity index (χ0v) is 16.4. The molecule has 1 atom stereocenters. The molecule has 0 radical (unpaired) electrons. The van der Waals surface area contributed by atoms with Gasteiger partial charge in [-0.25, -0.2) is 9.69 Å². The maximum Gasteiger partial charge on any atom is 0.329 e. The van der Waals surface area contributed by atoms with Gasteiger partial charge in [-0.3, -0.25) is 9.59 Å². The molecule has 1 aromatic rings. The number of rotatable bonds is 5. The van der Waals surface area contributed by atoms with Crippen LogP contribution in [0.2, 0.25) is 5.02 Å². The van der Waals surface area contributed by atoms with Crippen molar-refractivity contribution in [3.63, 3.8) is 0 Å². The average molecular weight is 415 g/mol. The number of carbonyl (C=O) groups excluding carboxylic acids is 3. The van der Waals surface area contributed by atoms with Crippen molar-refractivity contribution in [2.45, 2.75) is 56.7 Å². The van der Waals surface area contributed by atoms with E-state index < -0.39 is 12.1 Å². The Kier molecular flexibility index (Phi) is 7.47. The third-order valence-electron chi connectivity index (χ3n) is 4.90. The van der Waals surface area contributed by atoms with Crippen LogP contribution in [-0.4, -0.2) is 36.0 Å². The standard InChI is InChI=1S/C18H23ClN4O3.ClH/c19-11-1-7-14(8-2-11)23-17(25)15(22-18(23)26)9-10-16(24)21-13-5-3-12(20)4-6-13;/h1-2,7-8,12-13,15H,3-6,9-10,20H2,(H,21,24)(H,22,26);1H. The summed E-state index contributed by atoms with van der Waals surface area (Å²) in [5, 5.41) is 6.16. The van der Waals surface area contributed by atoms with Crippen LogP contribution < -0.4 is 21.3 Å². The fourth-order valence-corrected chi connectivity index (χ4v) is 3.53. The molecule has 27 heavy (non-hydrogen) atoms. The summed E-state index contributed by atoms with van der Waals surface area (Å²) in [6.45, 7) is 0. The predicted molar refractivity (Wildman–Crippen MR) is 106 cm³/mol. The molecular formula is C18H24Cl2N4O3. The molecule has 0 spiro atoms.